The van der Waals surface area contributed by atoms with Crippen molar-refractivity contribution in [2.24, 2.45) is 5.92 Å². The van der Waals surface area contributed by atoms with Gasteiger partial charge in [-0.15, -0.1) is 0 Å². The Hall–Kier alpha value is -1.89. The fourth-order valence-electron chi connectivity index (χ4n) is 2.59. The molecule has 21 heavy (non-hydrogen) atoms. The van der Waals surface area contributed by atoms with Crippen LogP contribution in [0.2, 0.25) is 0 Å². The number of nitrogens with one attached hydrogen (secondary N) is 2. The van der Waals surface area contributed by atoms with Crippen molar-refractivity contribution in [3.05, 3.63) is 28.3 Å². The minimum atomic E-state index is -0.537. The molecule has 1 fully saturated rings. The van der Waals surface area contributed by atoms with Crippen LogP contribution in [0.15, 0.2) is 18.2 Å². The number of benzene rings is 1. The normalized spacial score (nSPS) is 21.6. The average molecular weight is 308 g/mol. The molecule has 0 spiro atoms. The third-order valence-corrected chi connectivity index (χ3v) is 4.07. The molecule has 7 heteroatoms. The lowest BCUT2D eigenvalue weighted by molar-refractivity contribution is -0.385. The summed E-state index contributed by atoms with van der Waals surface area (Å²) >= 11 is 5.21. The molecule has 1 aromatic rings. The fraction of sp³-hybridized carbons (Fsp3) is 0.500. The van der Waals surface area contributed by atoms with Gasteiger partial charge in [-0.05, 0) is 31.0 Å². The Morgan fingerprint density at radius 2 is 2.10 bits per heavy atom. The molecule has 0 radical (unpaired) electrons. The third-order valence-electron chi connectivity index (χ3n) is 3.85. The highest BCUT2D eigenvalue weighted by atomic mass is 32.1. The van der Waals surface area contributed by atoms with E-state index in [0.29, 0.717) is 11.0 Å². The largest absolute Gasteiger partial charge is 0.871 e. The Kier molecular flexibility index (Phi) is 4.95. The van der Waals surface area contributed by atoms with Gasteiger partial charge in [-0.3, -0.25) is 10.1 Å². The van der Waals surface area contributed by atoms with Crippen LogP contribution in [0.4, 0.5) is 11.4 Å². The summed E-state index contributed by atoms with van der Waals surface area (Å²) in [5, 5.41) is 28.8. The number of anilines is 1. The molecule has 6 nitrogen and oxygen atoms in total. The first-order valence-electron chi connectivity index (χ1n) is 7.00. The molecule has 1 aliphatic carbocycles. The Bertz CT molecular complexity index is 550. The second kappa shape index (κ2) is 6.71. The number of thiocarbonyl (C=S) groups is 1. The third kappa shape index (κ3) is 4.04. The number of hydrogen-bond donors (Lipinski definition) is 2. The first-order chi connectivity index (χ1) is 9.97. The van der Waals surface area contributed by atoms with E-state index in [9.17, 15) is 15.2 Å². The first kappa shape index (κ1) is 15.5. The highest BCUT2D eigenvalue weighted by Gasteiger charge is 2.21. The van der Waals surface area contributed by atoms with Crippen molar-refractivity contribution < 1.29 is 10.0 Å². The summed E-state index contributed by atoms with van der Waals surface area (Å²) in [4.78, 5) is 10.2. The lowest BCUT2D eigenvalue weighted by Crippen LogP contribution is -2.43. The van der Waals surface area contributed by atoms with Gasteiger partial charge < -0.3 is 15.7 Å². The van der Waals surface area contributed by atoms with Crippen molar-refractivity contribution in [3.8, 4) is 5.75 Å². The molecular formula is C14H18N3O3S-. The summed E-state index contributed by atoms with van der Waals surface area (Å²) in [5.41, 5.74) is -0.00361. The number of nitro groups is 1. The predicted octanol–water partition coefficient (Wildman–Crippen LogP) is 2.53. The van der Waals surface area contributed by atoms with Crippen LogP contribution in [0.5, 0.6) is 5.75 Å². The molecule has 0 amide bonds. The van der Waals surface area contributed by atoms with Crippen LogP contribution >= 0.6 is 12.2 Å². The lowest BCUT2D eigenvalue weighted by Gasteiger charge is -2.30. The number of nitrogens with zero attached hydrogens (tertiary/aromatic N) is 1. The maximum absolute atomic E-state index is 11.7. The monoisotopic (exact) mass is 308 g/mol. The topological polar surface area (TPSA) is 90.3 Å². The Morgan fingerprint density at radius 3 is 2.76 bits per heavy atom. The fourth-order valence-corrected chi connectivity index (χ4v) is 2.85. The van der Waals surface area contributed by atoms with Crippen LogP contribution in [-0.2, 0) is 0 Å². The zero-order chi connectivity index (χ0) is 15.4. The summed E-state index contributed by atoms with van der Waals surface area (Å²) in [6.45, 7) is 2.17. The zero-order valence-corrected chi connectivity index (χ0v) is 12.6. The van der Waals surface area contributed by atoms with E-state index in [0.717, 1.165) is 19.3 Å². The minimum Gasteiger partial charge on any atom is -0.871 e. The Morgan fingerprint density at radius 1 is 1.38 bits per heavy atom. The molecule has 2 rings (SSSR count). The van der Waals surface area contributed by atoms with Gasteiger partial charge in [0.15, 0.2) is 5.11 Å². The molecule has 0 heterocycles. The van der Waals surface area contributed by atoms with E-state index in [1.54, 1.807) is 0 Å². The van der Waals surface area contributed by atoms with E-state index < -0.39 is 4.92 Å². The molecule has 2 N–H and O–H groups in total. The first-order valence-corrected chi connectivity index (χ1v) is 7.41. The Labute approximate surface area is 128 Å². The minimum absolute atomic E-state index is 0.130. The van der Waals surface area contributed by atoms with Crippen LogP contribution in [0.25, 0.3) is 0 Å². The molecular weight excluding hydrogens is 290 g/mol. The second-order valence-electron chi connectivity index (χ2n) is 5.40. The van der Waals surface area contributed by atoms with Gasteiger partial charge in [0.2, 0.25) is 0 Å². The molecule has 0 unspecified atom stereocenters. The molecule has 114 valence electrons. The number of hydrogen-bond acceptors (Lipinski definition) is 4. The predicted molar refractivity (Wildman–Crippen MR) is 83.3 cm³/mol. The number of non-ortho nitro benzene ring substituents is 1. The van der Waals surface area contributed by atoms with Crippen molar-refractivity contribution in [2.45, 2.75) is 38.6 Å². The van der Waals surface area contributed by atoms with Gasteiger partial charge in [0, 0.05) is 23.9 Å². The van der Waals surface area contributed by atoms with Crippen molar-refractivity contribution >= 4 is 28.7 Å². The maximum atomic E-state index is 11.7. The van der Waals surface area contributed by atoms with Gasteiger partial charge >= 0.3 is 0 Å². The highest BCUT2D eigenvalue weighted by Crippen LogP contribution is 2.26. The zero-order valence-electron chi connectivity index (χ0n) is 11.8. The summed E-state index contributed by atoms with van der Waals surface area (Å²) < 4.78 is 0. The van der Waals surface area contributed by atoms with Gasteiger partial charge in [-0.25, -0.2) is 0 Å². The SMILES string of the molecule is C[C@@H]1CCCC[C@H]1NC(=S)Nc1cc([N+](=O)[O-])ccc1[O-]. The van der Waals surface area contributed by atoms with Crippen LogP contribution in [0.1, 0.15) is 32.6 Å². The van der Waals surface area contributed by atoms with Crippen molar-refractivity contribution in [1.29, 1.82) is 0 Å². The molecule has 0 aromatic heterocycles. The smallest absolute Gasteiger partial charge is 0.271 e. The number of rotatable bonds is 3. The standard InChI is InChI=1S/C14H19N3O3S/c1-9-4-2-3-5-11(9)15-14(21)16-12-8-10(17(19)20)6-7-13(12)18/h6-9,11,18H,2-5H2,1H3,(H2,15,16,21)/p-1/t9-,11-/m1/s1. The van der Waals surface area contributed by atoms with Crippen LogP contribution in [-0.4, -0.2) is 16.1 Å². The van der Waals surface area contributed by atoms with E-state index in [4.69, 9.17) is 12.2 Å². The number of nitro benzene ring substituents is 1. The molecule has 1 aliphatic rings. The van der Waals surface area contributed by atoms with E-state index in [1.165, 1.54) is 24.6 Å². The summed E-state index contributed by atoms with van der Waals surface area (Å²) in [7, 11) is 0. The van der Waals surface area contributed by atoms with E-state index in [1.807, 2.05) is 0 Å². The van der Waals surface area contributed by atoms with E-state index in [-0.39, 0.29) is 23.2 Å². The molecule has 1 aromatic carbocycles. The van der Waals surface area contributed by atoms with Gasteiger partial charge in [0.05, 0.1) is 4.92 Å². The van der Waals surface area contributed by atoms with E-state index >= 15 is 0 Å². The molecule has 0 saturated heterocycles. The van der Waals surface area contributed by atoms with Crippen molar-refractivity contribution in [3.63, 3.8) is 0 Å². The van der Waals surface area contributed by atoms with Gasteiger partial charge in [-0.1, -0.05) is 31.6 Å². The van der Waals surface area contributed by atoms with Gasteiger partial charge in [-0.2, -0.15) is 0 Å². The van der Waals surface area contributed by atoms with Crippen LogP contribution < -0.4 is 15.7 Å². The molecule has 0 aliphatic heterocycles. The molecule has 0 bridgehead atoms. The molecule has 1 saturated carbocycles. The van der Waals surface area contributed by atoms with Crippen molar-refractivity contribution in [2.75, 3.05) is 5.32 Å². The van der Waals surface area contributed by atoms with Crippen LogP contribution in [0, 0.1) is 16.0 Å². The van der Waals surface area contributed by atoms with Crippen LogP contribution in [0.3, 0.4) is 0 Å². The van der Waals surface area contributed by atoms with Gasteiger partial charge in [0.1, 0.15) is 0 Å². The quantitative estimate of drug-likeness (QED) is 0.506. The average Bonchev–Trinajstić information content (AvgIpc) is 2.43. The molecule has 2 atom stereocenters. The van der Waals surface area contributed by atoms with Crippen molar-refractivity contribution in [1.82, 2.24) is 5.32 Å². The lowest BCUT2D eigenvalue weighted by atomic mass is 9.86. The highest BCUT2D eigenvalue weighted by molar-refractivity contribution is 7.80. The van der Waals surface area contributed by atoms with E-state index in [2.05, 4.69) is 17.6 Å². The van der Waals surface area contributed by atoms with Gasteiger partial charge in [0.25, 0.3) is 5.69 Å². The maximum Gasteiger partial charge on any atom is 0.271 e. The Balaban J connectivity index is 2.02. The summed E-state index contributed by atoms with van der Waals surface area (Å²) in [6, 6.07) is 3.85. The summed E-state index contributed by atoms with van der Waals surface area (Å²) in [6.07, 6.45) is 4.59. The second-order valence-corrected chi connectivity index (χ2v) is 5.81. The summed E-state index contributed by atoms with van der Waals surface area (Å²) in [5.74, 6) is 0.205.